The number of hydrogen-bond acceptors (Lipinski definition) is 4. The number of carbonyl (C=O) groups excluding carboxylic acids is 2. The summed E-state index contributed by atoms with van der Waals surface area (Å²) < 4.78 is 14.4. The molecule has 0 aliphatic heterocycles. The first-order valence-electron chi connectivity index (χ1n) is 8.62. The number of aryl methyl sites for hydroxylation is 2. The topological polar surface area (TPSA) is 93.1 Å². The summed E-state index contributed by atoms with van der Waals surface area (Å²) in [6, 6.07) is 9.33. The molecule has 1 heterocycles. The SMILES string of the molecule is Cc1cccc(C)c1NC(=O)CNC(=O)Cn1cnc2ccc(F)cc2c1=O. The van der Waals surface area contributed by atoms with Gasteiger partial charge in [-0.3, -0.25) is 19.0 Å². The van der Waals surface area contributed by atoms with Crippen LogP contribution in [0.25, 0.3) is 10.9 Å². The molecule has 0 radical (unpaired) electrons. The van der Waals surface area contributed by atoms with E-state index >= 15 is 0 Å². The maximum absolute atomic E-state index is 13.4. The molecule has 7 nitrogen and oxygen atoms in total. The van der Waals surface area contributed by atoms with E-state index < -0.39 is 17.3 Å². The van der Waals surface area contributed by atoms with E-state index in [1.165, 1.54) is 18.5 Å². The highest BCUT2D eigenvalue weighted by Gasteiger charge is 2.11. The Hall–Kier alpha value is -3.55. The minimum Gasteiger partial charge on any atom is -0.345 e. The normalized spacial score (nSPS) is 10.7. The first-order chi connectivity index (χ1) is 13.3. The van der Waals surface area contributed by atoms with E-state index in [4.69, 9.17) is 0 Å². The van der Waals surface area contributed by atoms with Gasteiger partial charge in [0.15, 0.2) is 0 Å². The average molecular weight is 382 g/mol. The van der Waals surface area contributed by atoms with Crippen molar-refractivity contribution in [2.45, 2.75) is 20.4 Å². The zero-order valence-electron chi connectivity index (χ0n) is 15.5. The fourth-order valence-corrected chi connectivity index (χ4v) is 2.83. The van der Waals surface area contributed by atoms with Crippen LogP contribution in [-0.2, 0) is 16.1 Å². The molecule has 2 aromatic carbocycles. The van der Waals surface area contributed by atoms with Crippen LogP contribution in [0.15, 0.2) is 47.5 Å². The van der Waals surface area contributed by atoms with Gasteiger partial charge in [0, 0.05) is 5.69 Å². The second-order valence-electron chi connectivity index (χ2n) is 6.43. The van der Waals surface area contributed by atoms with Crippen molar-refractivity contribution in [2.24, 2.45) is 0 Å². The van der Waals surface area contributed by atoms with Crippen LogP contribution in [0.2, 0.25) is 0 Å². The van der Waals surface area contributed by atoms with Gasteiger partial charge < -0.3 is 10.6 Å². The molecule has 1 aromatic heterocycles. The second kappa shape index (κ2) is 7.99. The predicted molar refractivity (Wildman–Crippen MR) is 104 cm³/mol. The Morgan fingerprint density at radius 3 is 2.54 bits per heavy atom. The van der Waals surface area contributed by atoms with Crippen molar-refractivity contribution in [1.82, 2.24) is 14.9 Å². The number of hydrogen-bond donors (Lipinski definition) is 2. The van der Waals surface area contributed by atoms with Crippen LogP contribution in [0.4, 0.5) is 10.1 Å². The van der Waals surface area contributed by atoms with Gasteiger partial charge >= 0.3 is 0 Å². The van der Waals surface area contributed by atoms with Crippen molar-refractivity contribution in [1.29, 1.82) is 0 Å². The Balaban J connectivity index is 1.63. The van der Waals surface area contributed by atoms with E-state index in [-0.39, 0.29) is 24.4 Å². The molecule has 0 aliphatic rings. The number of anilines is 1. The molecule has 0 saturated heterocycles. The Bertz CT molecular complexity index is 1100. The number of para-hydroxylation sites is 1. The lowest BCUT2D eigenvalue weighted by molar-refractivity contribution is -0.124. The van der Waals surface area contributed by atoms with Gasteiger partial charge in [-0.15, -0.1) is 0 Å². The molecule has 144 valence electrons. The van der Waals surface area contributed by atoms with Crippen molar-refractivity contribution in [3.8, 4) is 0 Å². The highest BCUT2D eigenvalue weighted by molar-refractivity contribution is 5.95. The molecule has 3 rings (SSSR count). The number of amides is 2. The first kappa shape index (κ1) is 19.2. The molecular weight excluding hydrogens is 363 g/mol. The third kappa shape index (κ3) is 4.22. The number of rotatable bonds is 5. The van der Waals surface area contributed by atoms with Crippen molar-refractivity contribution >= 4 is 28.4 Å². The van der Waals surface area contributed by atoms with E-state index in [1.807, 2.05) is 32.0 Å². The number of aromatic nitrogens is 2. The first-order valence-corrected chi connectivity index (χ1v) is 8.62. The Morgan fingerprint density at radius 1 is 1.11 bits per heavy atom. The van der Waals surface area contributed by atoms with Gasteiger partial charge in [-0.2, -0.15) is 0 Å². The van der Waals surface area contributed by atoms with Gasteiger partial charge in [-0.1, -0.05) is 18.2 Å². The van der Waals surface area contributed by atoms with Gasteiger partial charge in [-0.25, -0.2) is 9.37 Å². The number of nitrogens with one attached hydrogen (secondary N) is 2. The maximum Gasteiger partial charge on any atom is 0.261 e. The second-order valence-corrected chi connectivity index (χ2v) is 6.43. The highest BCUT2D eigenvalue weighted by Crippen LogP contribution is 2.18. The summed E-state index contributed by atoms with van der Waals surface area (Å²) >= 11 is 0. The molecule has 3 aromatic rings. The van der Waals surface area contributed by atoms with Crippen LogP contribution in [0.3, 0.4) is 0 Å². The summed E-state index contributed by atoms with van der Waals surface area (Å²) in [6.45, 7) is 3.19. The van der Waals surface area contributed by atoms with E-state index in [9.17, 15) is 18.8 Å². The van der Waals surface area contributed by atoms with Crippen LogP contribution >= 0.6 is 0 Å². The van der Waals surface area contributed by atoms with Gasteiger partial charge in [0.2, 0.25) is 11.8 Å². The van der Waals surface area contributed by atoms with Crippen molar-refractivity contribution in [2.75, 3.05) is 11.9 Å². The zero-order valence-corrected chi connectivity index (χ0v) is 15.5. The summed E-state index contributed by atoms with van der Waals surface area (Å²) in [5.74, 6) is -1.47. The predicted octanol–water partition coefficient (Wildman–Crippen LogP) is 1.91. The fraction of sp³-hybridized carbons (Fsp3) is 0.200. The minimum absolute atomic E-state index is 0.0862. The standard InChI is InChI=1S/C20H19FN4O3/c1-12-4-3-5-13(2)19(12)24-17(26)9-22-18(27)10-25-11-23-16-7-6-14(21)8-15(16)20(25)28/h3-8,11H,9-10H2,1-2H3,(H,22,27)(H,24,26). The quantitative estimate of drug-likeness (QED) is 0.705. The third-order valence-electron chi connectivity index (χ3n) is 4.29. The van der Waals surface area contributed by atoms with Gasteiger partial charge in [-0.05, 0) is 43.2 Å². The van der Waals surface area contributed by atoms with E-state index in [2.05, 4.69) is 15.6 Å². The van der Waals surface area contributed by atoms with Crippen LogP contribution in [0.5, 0.6) is 0 Å². The zero-order chi connectivity index (χ0) is 20.3. The molecule has 0 saturated carbocycles. The molecular formula is C20H19FN4O3. The lowest BCUT2D eigenvalue weighted by Crippen LogP contribution is -2.37. The van der Waals surface area contributed by atoms with Gasteiger partial charge in [0.1, 0.15) is 12.4 Å². The fourth-order valence-electron chi connectivity index (χ4n) is 2.83. The summed E-state index contributed by atoms with van der Waals surface area (Å²) in [5.41, 5.74) is 2.36. The summed E-state index contributed by atoms with van der Waals surface area (Å²) in [6.07, 6.45) is 1.22. The minimum atomic E-state index is -0.559. The van der Waals surface area contributed by atoms with Crippen LogP contribution in [0.1, 0.15) is 11.1 Å². The molecule has 0 aliphatic carbocycles. The van der Waals surface area contributed by atoms with E-state index in [1.54, 1.807) is 0 Å². The van der Waals surface area contributed by atoms with E-state index in [0.29, 0.717) is 11.2 Å². The summed E-state index contributed by atoms with van der Waals surface area (Å²) in [5, 5.41) is 5.31. The van der Waals surface area contributed by atoms with Crippen LogP contribution in [-0.4, -0.2) is 27.9 Å². The number of halogens is 1. The summed E-state index contributed by atoms with van der Waals surface area (Å²) in [7, 11) is 0. The Morgan fingerprint density at radius 2 is 1.82 bits per heavy atom. The van der Waals surface area contributed by atoms with Gasteiger partial charge in [0.25, 0.3) is 5.56 Å². The third-order valence-corrected chi connectivity index (χ3v) is 4.29. The monoisotopic (exact) mass is 382 g/mol. The van der Waals surface area contributed by atoms with Crippen molar-refractivity contribution < 1.29 is 14.0 Å². The number of carbonyl (C=O) groups is 2. The molecule has 2 amide bonds. The van der Waals surface area contributed by atoms with Gasteiger partial charge in [0.05, 0.1) is 23.8 Å². The molecule has 0 spiro atoms. The smallest absolute Gasteiger partial charge is 0.261 e. The lowest BCUT2D eigenvalue weighted by atomic mass is 10.1. The van der Waals surface area contributed by atoms with Crippen molar-refractivity contribution in [3.63, 3.8) is 0 Å². The Kier molecular flexibility index (Phi) is 5.49. The number of nitrogens with zero attached hydrogens (tertiary/aromatic N) is 2. The molecule has 8 heteroatoms. The molecule has 0 atom stereocenters. The number of fused-ring (bicyclic) bond motifs is 1. The van der Waals surface area contributed by atoms with Crippen molar-refractivity contribution in [3.05, 3.63) is 70.0 Å². The highest BCUT2D eigenvalue weighted by atomic mass is 19.1. The van der Waals surface area contributed by atoms with Crippen LogP contribution in [0, 0.1) is 19.7 Å². The lowest BCUT2D eigenvalue weighted by Gasteiger charge is -2.12. The molecule has 0 unspecified atom stereocenters. The average Bonchev–Trinajstić information content (AvgIpc) is 2.66. The number of benzene rings is 2. The van der Waals surface area contributed by atoms with E-state index in [0.717, 1.165) is 21.8 Å². The molecule has 0 bridgehead atoms. The Labute approximate surface area is 160 Å². The molecule has 28 heavy (non-hydrogen) atoms. The largest absolute Gasteiger partial charge is 0.345 e. The molecule has 0 fully saturated rings. The van der Waals surface area contributed by atoms with Crippen LogP contribution < -0.4 is 16.2 Å². The maximum atomic E-state index is 13.4. The molecule has 2 N–H and O–H groups in total. The summed E-state index contributed by atoms with van der Waals surface area (Å²) in [4.78, 5) is 40.6.